The smallest absolute Gasteiger partial charge is 0.302 e. The Morgan fingerprint density at radius 1 is 1.06 bits per heavy atom. The highest BCUT2D eigenvalue weighted by molar-refractivity contribution is 7.99. The van der Waals surface area contributed by atoms with Gasteiger partial charge in [-0.25, -0.2) is 4.98 Å². The lowest BCUT2D eigenvalue weighted by Crippen LogP contribution is -2.22. The van der Waals surface area contributed by atoms with Crippen molar-refractivity contribution < 1.29 is 9.21 Å². The molecule has 2 heterocycles. The molecule has 1 N–H and O–H groups in total. The van der Waals surface area contributed by atoms with E-state index in [2.05, 4.69) is 5.32 Å². The van der Waals surface area contributed by atoms with Gasteiger partial charge in [0.05, 0.1) is 11.4 Å². The van der Waals surface area contributed by atoms with Gasteiger partial charge in [-0.1, -0.05) is 41.6 Å². The van der Waals surface area contributed by atoms with Crippen molar-refractivity contribution in [3.05, 3.63) is 93.2 Å². The van der Waals surface area contributed by atoms with Crippen LogP contribution < -0.4 is 10.9 Å². The summed E-state index contributed by atoms with van der Waals surface area (Å²) in [6.45, 7) is 4.00. The Hall–Kier alpha value is -3.55. The number of para-hydroxylation sites is 1. The van der Waals surface area contributed by atoms with Crippen LogP contribution in [-0.2, 0) is 4.79 Å². The Morgan fingerprint density at radius 3 is 2.59 bits per heavy atom. The molecule has 0 saturated heterocycles. The molecule has 0 spiro atoms. The molecular weight excluding hydrogens is 470 g/mol. The second-order valence-corrected chi connectivity index (χ2v) is 9.30. The van der Waals surface area contributed by atoms with E-state index in [0.717, 1.165) is 16.5 Å². The van der Waals surface area contributed by atoms with Crippen LogP contribution in [0.2, 0.25) is 5.02 Å². The Labute approximate surface area is 204 Å². The molecular formula is C26H20ClN3O3S. The fourth-order valence-corrected chi connectivity index (χ4v) is 4.60. The van der Waals surface area contributed by atoms with Crippen molar-refractivity contribution in [3.63, 3.8) is 0 Å². The van der Waals surface area contributed by atoms with E-state index in [-0.39, 0.29) is 22.8 Å². The van der Waals surface area contributed by atoms with Crippen LogP contribution in [0, 0.1) is 13.8 Å². The average Bonchev–Trinajstić information content (AvgIpc) is 3.20. The first kappa shape index (κ1) is 22.3. The van der Waals surface area contributed by atoms with Gasteiger partial charge in [-0.05, 0) is 73.5 Å². The zero-order valence-corrected chi connectivity index (χ0v) is 20.0. The predicted molar refractivity (Wildman–Crippen MR) is 137 cm³/mol. The Kier molecular flexibility index (Phi) is 5.89. The van der Waals surface area contributed by atoms with Crippen molar-refractivity contribution in [2.45, 2.75) is 19.0 Å². The normalized spacial score (nSPS) is 11.3. The van der Waals surface area contributed by atoms with Gasteiger partial charge in [0.1, 0.15) is 11.1 Å². The lowest BCUT2D eigenvalue weighted by atomic mass is 10.1. The number of fused-ring (bicyclic) bond motifs is 3. The molecule has 0 aliphatic carbocycles. The molecule has 2 aromatic heterocycles. The summed E-state index contributed by atoms with van der Waals surface area (Å²) in [5.41, 5.74) is 4.43. The number of aromatic nitrogens is 2. The van der Waals surface area contributed by atoms with Gasteiger partial charge in [0, 0.05) is 16.1 Å². The van der Waals surface area contributed by atoms with Crippen LogP contribution in [0.25, 0.3) is 27.8 Å². The summed E-state index contributed by atoms with van der Waals surface area (Å²) in [5, 5.41) is 4.61. The topological polar surface area (TPSA) is 77.1 Å². The van der Waals surface area contributed by atoms with Crippen LogP contribution in [0.3, 0.4) is 0 Å². The van der Waals surface area contributed by atoms with E-state index in [1.54, 1.807) is 24.3 Å². The first-order chi connectivity index (χ1) is 16.4. The second kappa shape index (κ2) is 9.00. The van der Waals surface area contributed by atoms with Crippen molar-refractivity contribution >= 4 is 57.0 Å². The number of furan rings is 1. The van der Waals surface area contributed by atoms with Gasteiger partial charge in [0.2, 0.25) is 11.5 Å². The van der Waals surface area contributed by atoms with Crippen LogP contribution in [0.1, 0.15) is 11.1 Å². The highest BCUT2D eigenvalue weighted by Gasteiger charge is 2.20. The zero-order valence-electron chi connectivity index (χ0n) is 18.5. The van der Waals surface area contributed by atoms with Crippen LogP contribution in [-0.4, -0.2) is 21.2 Å². The summed E-state index contributed by atoms with van der Waals surface area (Å²) in [7, 11) is 0. The highest BCUT2D eigenvalue weighted by Crippen LogP contribution is 2.29. The first-order valence-electron chi connectivity index (χ1n) is 10.6. The minimum absolute atomic E-state index is 0.0706. The van der Waals surface area contributed by atoms with Crippen molar-refractivity contribution in [2.24, 2.45) is 0 Å². The number of thioether (sulfide) groups is 1. The van der Waals surface area contributed by atoms with Gasteiger partial charge >= 0.3 is 5.56 Å². The number of halogens is 1. The molecule has 0 radical (unpaired) electrons. The number of nitrogens with zero attached hydrogens (tertiary/aromatic N) is 2. The third kappa shape index (κ3) is 4.20. The minimum atomic E-state index is -0.315. The van der Waals surface area contributed by atoms with Crippen molar-refractivity contribution in [3.8, 4) is 5.69 Å². The van der Waals surface area contributed by atoms with Gasteiger partial charge in [0.15, 0.2) is 5.16 Å². The predicted octanol–water partition coefficient (Wildman–Crippen LogP) is 6.13. The number of anilines is 1. The Morgan fingerprint density at radius 2 is 1.82 bits per heavy atom. The fourth-order valence-electron chi connectivity index (χ4n) is 3.67. The molecule has 0 saturated carbocycles. The van der Waals surface area contributed by atoms with E-state index in [4.69, 9.17) is 21.0 Å². The van der Waals surface area contributed by atoms with Crippen LogP contribution >= 0.6 is 23.4 Å². The number of hydrogen-bond acceptors (Lipinski definition) is 5. The molecule has 170 valence electrons. The molecule has 34 heavy (non-hydrogen) atoms. The average molecular weight is 490 g/mol. The molecule has 0 atom stereocenters. The lowest BCUT2D eigenvalue weighted by Gasteiger charge is -2.13. The first-order valence-corrected chi connectivity index (χ1v) is 12.0. The molecule has 3 aromatic carbocycles. The van der Waals surface area contributed by atoms with Crippen LogP contribution in [0.4, 0.5) is 5.69 Å². The van der Waals surface area contributed by atoms with Crippen LogP contribution in [0.15, 0.2) is 81.1 Å². The van der Waals surface area contributed by atoms with E-state index < -0.39 is 0 Å². The summed E-state index contributed by atoms with van der Waals surface area (Å²) in [5.74, 6) is -0.147. The van der Waals surface area contributed by atoms with Crippen LogP contribution in [0.5, 0.6) is 0 Å². The molecule has 6 nitrogen and oxygen atoms in total. The van der Waals surface area contributed by atoms with E-state index in [1.165, 1.54) is 16.3 Å². The Bertz CT molecular complexity index is 1610. The minimum Gasteiger partial charge on any atom is -0.448 e. The summed E-state index contributed by atoms with van der Waals surface area (Å²) in [4.78, 5) is 31.0. The van der Waals surface area contributed by atoms with Gasteiger partial charge < -0.3 is 9.73 Å². The molecule has 0 unspecified atom stereocenters. The summed E-state index contributed by atoms with van der Waals surface area (Å²) >= 11 is 7.11. The quantitative estimate of drug-likeness (QED) is 0.237. The number of carbonyl (C=O) groups excluding carboxylic acids is 1. The lowest BCUT2D eigenvalue weighted by molar-refractivity contribution is -0.113. The van der Waals surface area contributed by atoms with Gasteiger partial charge in [-0.2, -0.15) is 0 Å². The van der Waals surface area contributed by atoms with E-state index in [1.807, 2.05) is 56.3 Å². The maximum Gasteiger partial charge on any atom is 0.302 e. The maximum atomic E-state index is 13.6. The number of carbonyl (C=O) groups is 1. The number of rotatable bonds is 5. The molecule has 0 fully saturated rings. The number of nitrogens with one attached hydrogen (secondary N) is 1. The molecule has 5 aromatic rings. The van der Waals surface area contributed by atoms with E-state index >= 15 is 0 Å². The molecule has 0 aliphatic heterocycles. The molecule has 8 heteroatoms. The Balaban J connectivity index is 1.57. The molecule has 1 amide bonds. The fraction of sp³-hybridized carbons (Fsp3) is 0.115. The summed E-state index contributed by atoms with van der Waals surface area (Å²) in [6.07, 6.45) is 0. The number of aryl methyl sites for hydroxylation is 2. The van der Waals surface area contributed by atoms with Crippen molar-refractivity contribution in [1.82, 2.24) is 9.55 Å². The summed E-state index contributed by atoms with van der Waals surface area (Å²) in [6, 6.07) is 20.1. The van der Waals surface area contributed by atoms with Gasteiger partial charge in [-0.15, -0.1) is 0 Å². The van der Waals surface area contributed by atoms with E-state index in [9.17, 15) is 9.59 Å². The molecule has 0 bridgehead atoms. The zero-order chi connectivity index (χ0) is 23.8. The maximum absolute atomic E-state index is 13.6. The highest BCUT2D eigenvalue weighted by atomic mass is 35.5. The number of hydrogen-bond donors (Lipinski definition) is 1. The largest absolute Gasteiger partial charge is 0.448 e. The second-order valence-electron chi connectivity index (χ2n) is 7.92. The van der Waals surface area contributed by atoms with Crippen molar-refractivity contribution in [1.29, 1.82) is 0 Å². The molecule has 0 aliphatic rings. The number of amides is 1. The number of benzene rings is 3. The molecule has 5 rings (SSSR count). The standard InChI is InChI=1S/C26H20ClN3O3S/c1-15-7-12-19(13-16(15)2)30-25(32)24-23(20-5-3-4-6-21(20)33-24)29-26(30)34-14-22(31)28-18-10-8-17(27)9-11-18/h3-13H,14H2,1-2H3,(H,28,31). The third-order valence-electron chi connectivity index (χ3n) is 5.57. The third-order valence-corrected chi connectivity index (χ3v) is 6.76. The van der Waals surface area contributed by atoms with E-state index in [0.29, 0.717) is 32.7 Å². The SMILES string of the molecule is Cc1ccc(-n2c(SCC(=O)Nc3ccc(Cl)cc3)nc3c(oc4ccccc43)c2=O)cc1C. The van der Waals surface area contributed by atoms with Gasteiger partial charge in [0.25, 0.3) is 0 Å². The summed E-state index contributed by atoms with van der Waals surface area (Å²) < 4.78 is 7.38. The monoisotopic (exact) mass is 489 g/mol. The van der Waals surface area contributed by atoms with Crippen molar-refractivity contribution in [2.75, 3.05) is 11.1 Å². The van der Waals surface area contributed by atoms with Gasteiger partial charge in [-0.3, -0.25) is 14.2 Å².